The fourth-order valence-corrected chi connectivity index (χ4v) is 6.04. The summed E-state index contributed by atoms with van der Waals surface area (Å²) in [5, 5.41) is 10.2. The molecule has 3 heterocycles. The molecule has 0 aromatic carbocycles. The minimum absolute atomic E-state index is 0.286. The van der Waals surface area contributed by atoms with Crippen LogP contribution in [0.2, 0.25) is 0 Å². The van der Waals surface area contributed by atoms with Crippen LogP contribution < -0.4 is 5.73 Å². The zero-order chi connectivity index (χ0) is 19.8. The first-order chi connectivity index (χ1) is 12.7. The Kier molecular flexibility index (Phi) is 6.17. The van der Waals surface area contributed by atoms with Crippen molar-refractivity contribution in [3.05, 3.63) is 6.42 Å². The highest BCUT2D eigenvalue weighted by atomic mass is 32.2. The van der Waals surface area contributed by atoms with E-state index in [2.05, 4.69) is 16.2 Å². The number of β-amino-alcohol motifs (C(OH)–C–C–N with tert-alkyl or cyclic N) is 1. The summed E-state index contributed by atoms with van der Waals surface area (Å²) in [6.07, 6.45) is 4.88. The molecule has 0 aromatic rings. The molecule has 8 nitrogen and oxygen atoms in total. The van der Waals surface area contributed by atoms with Crippen molar-refractivity contribution in [2.45, 2.75) is 62.5 Å². The molecule has 1 amide bonds. The molecule has 0 saturated carbocycles. The SMILES string of the molecule is CC(C)S(=O)(=O)N1CCN(CC(O)CN2C3C[CH]C[C@@]2(C(N)=O)CC3)CC1. The zero-order valence-corrected chi connectivity index (χ0v) is 17.2. The van der Waals surface area contributed by atoms with Gasteiger partial charge in [-0.25, -0.2) is 8.42 Å². The van der Waals surface area contributed by atoms with Gasteiger partial charge in [0.05, 0.1) is 11.4 Å². The maximum Gasteiger partial charge on any atom is 0.237 e. The number of primary amides is 1. The Bertz CT molecular complexity index is 644. The third-order valence-electron chi connectivity index (χ3n) is 6.42. The largest absolute Gasteiger partial charge is 0.390 e. The molecule has 1 radical (unpaired) electrons. The maximum atomic E-state index is 12.3. The molecule has 0 aromatic heterocycles. The van der Waals surface area contributed by atoms with Gasteiger partial charge in [0.1, 0.15) is 5.54 Å². The van der Waals surface area contributed by atoms with Gasteiger partial charge in [0, 0.05) is 45.3 Å². The molecule has 2 unspecified atom stereocenters. The average molecular weight is 402 g/mol. The van der Waals surface area contributed by atoms with Crippen LogP contribution >= 0.6 is 0 Å². The number of carbonyl (C=O) groups is 1. The zero-order valence-electron chi connectivity index (χ0n) is 16.4. The molecule has 3 aliphatic rings. The number of fused-ring (bicyclic) bond motifs is 2. The van der Waals surface area contributed by atoms with E-state index in [0.717, 1.165) is 19.3 Å². The van der Waals surface area contributed by atoms with Crippen LogP contribution in [-0.4, -0.2) is 95.7 Å². The van der Waals surface area contributed by atoms with E-state index in [1.165, 1.54) is 0 Å². The van der Waals surface area contributed by atoms with Gasteiger partial charge < -0.3 is 10.8 Å². The fourth-order valence-electron chi connectivity index (χ4n) is 4.77. The van der Waals surface area contributed by atoms with E-state index in [9.17, 15) is 18.3 Å². The molecule has 2 bridgehead atoms. The molecule has 3 aliphatic heterocycles. The van der Waals surface area contributed by atoms with Crippen LogP contribution in [0, 0.1) is 6.42 Å². The van der Waals surface area contributed by atoms with Gasteiger partial charge >= 0.3 is 0 Å². The summed E-state index contributed by atoms with van der Waals surface area (Å²) >= 11 is 0. The Morgan fingerprint density at radius 1 is 1.26 bits per heavy atom. The summed E-state index contributed by atoms with van der Waals surface area (Å²) in [6.45, 7) is 6.46. The topological polar surface area (TPSA) is 107 Å². The molecular weight excluding hydrogens is 368 g/mol. The van der Waals surface area contributed by atoms with E-state index < -0.39 is 26.9 Å². The minimum atomic E-state index is -3.22. The molecule has 3 saturated heterocycles. The van der Waals surface area contributed by atoms with Gasteiger partial charge in [-0.15, -0.1) is 0 Å². The highest BCUT2D eigenvalue weighted by molar-refractivity contribution is 7.89. The van der Waals surface area contributed by atoms with Gasteiger partial charge in [-0.1, -0.05) is 0 Å². The predicted molar refractivity (Wildman–Crippen MR) is 103 cm³/mol. The predicted octanol–water partition coefficient (Wildman–Crippen LogP) is -0.610. The Balaban J connectivity index is 1.53. The Labute approximate surface area is 162 Å². The number of sulfonamides is 1. The van der Waals surface area contributed by atoms with Crippen molar-refractivity contribution in [2.75, 3.05) is 39.3 Å². The lowest BCUT2D eigenvalue weighted by Crippen LogP contribution is -2.60. The van der Waals surface area contributed by atoms with Gasteiger partial charge in [-0.2, -0.15) is 4.31 Å². The lowest BCUT2D eigenvalue weighted by atomic mass is 9.87. The second kappa shape index (κ2) is 7.94. The number of nitrogens with two attached hydrogens (primary N) is 1. The third-order valence-corrected chi connectivity index (χ3v) is 8.70. The van der Waals surface area contributed by atoms with E-state index in [1.807, 2.05) is 0 Å². The number of hydrogen-bond donors (Lipinski definition) is 2. The second-order valence-electron chi connectivity index (χ2n) is 8.42. The number of amides is 1. The number of nitrogens with zero attached hydrogens (tertiary/aromatic N) is 3. The standard InChI is InChI=1S/C18H33N4O4S/c1-14(2)27(25,26)21-10-8-20(9-11-21)12-16(23)13-22-15-4-3-6-18(22,7-5-15)17(19)24/h3,14-16,23H,4-13H2,1-2H3,(H2,19,24)/t15?,16?,18-/m0/s1. The second-order valence-corrected chi connectivity index (χ2v) is 10.9. The monoisotopic (exact) mass is 401 g/mol. The Morgan fingerprint density at radius 3 is 2.52 bits per heavy atom. The molecule has 9 heteroatoms. The number of rotatable bonds is 7. The van der Waals surface area contributed by atoms with Crippen LogP contribution in [0.15, 0.2) is 0 Å². The van der Waals surface area contributed by atoms with Crippen LogP contribution in [0.5, 0.6) is 0 Å². The highest BCUT2D eigenvalue weighted by Gasteiger charge is 2.53. The fraction of sp³-hybridized carbons (Fsp3) is 0.889. The first-order valence-corrected chi connectivity index (χ1v) is 11.4. The van der Waals surface area contributed by atoms with Crippen LogP contribution in [0.3, 0.4) is 0 Å². The van der Waals surface area contributed by atoms with E-state index in [1.54, 1.807) is 18.2 Å². The van der Waals surface area contributed by atoms with Crippen molar-refractivity contribution in [1.82, 2.24) is 14.1 Å². The number of aliphatic hydroxyl groups excluding tert-OH is 1. The minimum Gasteiger partial charge on any atom is -0.390 e. The summed E-state index contributed by atoms with van der Waals surface area (Å²) in [4.78, 5) is 16.3. The third kappa shape index (κ3) is 4.03. The average Bonchev–Trinajstić information content (AvgIpc) is 2.80. The maximum absolute atomic E-state index is 12.3. The van der Waals surface area contributed by atoms with E-state index in [0.29, 0.717) is 45.7 Å². The summed E-state index contributed by atoms with van der Waals surface area (Å²) in [5.74, 6) is -0.291. The van der Waals surface area contributed by atoms with Gasteiger partial charge in [0.25, 0.3) is 0 Å². The molecule has 27 heavy (non-hydrogen) atoms. The number of carbonyl (C=O) groups excluding carboxylic acids is 1. The number of hydrogen-bond acceptors (Lipinski definition) is 6. The van der Waals surface area contributed by atoms with Crippen LogP contribution in [0.4, 0.5) is 0 Å². The normalized spacial score (nSPS) is 32.1. The summed E-state index contributed by atoms with van der Waals surface area (Å²) in [7, 11) is -3.22. The van der Waals surface area contributed by atoms with Crippen molar-refractivity contribution < 1.29 is 18.3 Å². The van der Waals surface area contributed by atoms with Crippen molar-refractivity contribution in [3.8, 4) is 0 Å². The first kappa shape index (κ1) is 21.0. The summed E-state index contributed by atoms with van der Waals surface area (Å²) in [6, 6.07) is 0.286. The molecular formula is C18H33N4O4S. The van der Waals surface area contributed by atoms with Gasteiger partial charge in [-0.05, 0) is 46.0 Å². The van der Waals surface area contributed by atoms with Gasteiger partial charge in [0.15, 0.2) is 0 Å². The Hall–Kier alpha value is -0.740. The molecule has 3 N–H and O–H groups in total. The van der Waals surface area contributed by atoms with E-state index in [4.69, 9.17) is 5.73 Å². The van der Waals surface area contributed by atoms with Crippen molar-refractivity contribution in [2.24, 2.45) is 5.73 Å². The van der Waals surface area contributed by atoms with E-state index in [-0.39, 0.29) is 11.9 Å². The van der Waals surface area contributed by atoms with E-state index >= 15 is 0 Å². The molecule has 3 atom stereocenters. The number of piperidine rings is 1. The molecule has 3 rings (SSSR count). The lowest BCUT2D eigenvalue weighted by molar-refractivity contribution is -0.131. The molecule has 0 aliphatic carbocycles. The summed E-state index contributed by atoms with van der Waals surface area (Å²) in [5.41, 5.74) is 5.08. The lowest BCUT2D eigenvalue weighted by Gasteiger charge is -2.44. The van der Waals surface area contributed by atoms with Crippen molar-refractivity contribution in [3.63, 3.8) is 0 Å². The van der Waals surface area contributed by atoms with Crippen molar-refractivity contribution >= 4 is 15.9 Å². The van der Waals surface area contributed by atoms with Gasteiger partial charge in [-0.3, -0.25) is 14.6 Å². The summed E-state index contributed by atoms with van der Waals surface area (Å²) < 4.78 is 26.1. The van der Waals surface area contributed by atoms with Gasteiger partial charge in [0.2, 0.25) is 15.9 Å². The van der Waals surface area contributed by atoms with Crippen LogP contribution in [0.25, 0.3) is 0 Å². The molecule has 3 fully saturated rings. The highest BCUT2D eigenvalue weighted by Crippen LogP contribution is 2.43. The smallest absolute Gasteiger partial charge is 0.237 e. The van der Waals surface area contributed by atoms with Crippen LogP contribution in [-0.2, 0) is 14.8 Å². The van der Waals surface area contributed by atoms with Crippen molar-refractivity contribution in [1.29, 1.82) is 0 Å². The number of piperazine rings is 1. The Morgan fingerprint density at radius 2 is 1.93 bits per heavy atom. The first-order valence-electron chi connectivity index (χ1n) is 9.94. The molecule has 0 spiro atoms. The number of aliphatic hydroxyl groups is 1. The quantitative estimate of drug-likeness (QED) is 0.589. The van der Waals surface area contributed by atoms with Crippen LogP contribution in [0.1, 0.15) is 39.5 Å². The molecule has 155 valence electrons.